The van der Waals surface area contributed by atoms with Crippen LogP contribution in [0.4, 0.5) is 0 Å². The van der Waals surface area contributed by atoms with Crippen LogP contribution in [-0.2, 0) is 11.2 Å². The minimum absolute atomic E-state index is 0.251. The lowest BCUT2D eigenvalue weighted by Gasteiger charge is -2.04. The van der Waals surface area contributed by atoms with Crippen molar-refractivity contribution in [3.8, 4) is 0 Å². The number of carbonyl (C=O) groups excluding carboxylic acids is 1. The molecule has 0 fully saturated rings. The van der Waals surface area contributed by atoms with E-state index in [2.05, 4.69) is 11.9 Å². The number of carbonyl (C=O) groups is 1. The standard InChI is InChI=1S/C20H32ClNO/c1-2-3-4-5-6-7-8-9-10-11-12-14-18(23)17-20-19(21)15-13-16-22-20/h13,15-16H,2-12,14,17H2,1H3. The lowest BCUT2D eigenvalue weighted by atomic mass is 10.0. The lowest BCUT2D eigenvalue weighted by Crippen LogP contribution is -2.04. The van der Waals surface area contributed by atoms with Crippen LogP contribution in [0.25, 0.3) is 0 Å². The Morgan fingerprint density at radius 1 is 0.957 bits per heavy atom. The predicted octanol–water partition coefficient (Wildman–Crippen LogP) is 6.55. The molecule has 1 aromatic heterocycles. The molecular weight excluding hydrogens is 306 g/mol. The SMILES string of the molecule is CCCCCCCCCCCCCC(=O)Cc1ncccc1Cl. The maximum absolute atomic E-state index is 11.9. The number of aromatic nitrogens is 1. The molecule has 0 aliphatic rings. The zero-order chi connectivity index (χ0) is 16.8. The molecule has 0 aliphatic carbocycles. The van der Waals surface area contributed by atoms with Gasteiger partial charge in [0.15, 0.2) is 0 Å². The van der Waals surface area contributed by atoms with Gasteiger partial charge in [-0.2, -0.15) is 0 Å². The zero-order valence-corrected chi connectivity index (χ0v) is 15.4. The first-order valence-electron chi connectivity index (χ1n) is 9.35. The van der Waals surface area contributed by atoms with Gasteiger partial charge in [0.1, 0.15) is 5.78 Å². The summed E-state index contributed by atoms with van der Waals surface area (Å²) < 4.78 is 0. The molecular formula is C20H32ClNO. The van der Waals surface area contributed by atoms with Crippen molar-refractivity contribution < 1.29 is 4.79 Å². The second kappa shape index (κ2) is 13.5. The van der Waals surface area contributed by atoms with Crippen LogP contribution in [-0.4, -0.2) is 10.8 Å². The molecule has 0 saturated carbocycles. The van der Waals surface area contributed by atoms with Gasteiger partial charge in [0, 0.05) is 12.6 Å². The van der Waals surface area contributed by atoms with Crippen molar-refractivity contribution in [3.63, 3.8) is 0 Å². The van der Waals surface area contributed by atoms with E-state index < -0.39 is 0 Å². The van der Waals surface area contributed by atoms with Gasteiger partial charge in [-0.1, -0.05) is 82.7 Å². The summed E-state index contributed by atoms with van der Waals surface area (Å²) in [6.45, 7) is 2.26. The average Bonchev–Trinajstić information content (AvgIpc) is 2.55. The Balaban J connectivity index is 1.93. The highest BCUT2D eigenvalue weighted by Gasteiger charge is 2.07. The van der Waals surface area contributed by atoms with E-state index in [9.17, 15) is 4.79 Å². The third kappa shape index (κ3) is 10.5. The Morgan fingerprint density at radius 3 is 2.09 bits per heavy atom. The molecule has 0 radical (unpaired) electrons. The van der Waals surface area contributed by atoms with E-state index in [-0.39, 0.29) is 5.78 Å². The highest BCUT2D eigenvalue weighted by Crippen LogP contribution is 2.15. The van der Waals surface area contributed by atoms with E-state index in [1.165, 1.54) is 57.8 Å². The molecule has 3 heteroatoms. The number of rotatable bonds is 14. The summed E-state index contributed by atoms with van der Waals surface area (Å²) in [5, 5.41) is 0.597. The fourth-order valence-corrected chi connectivity index (χ4v) is 3.00. The Morgan fingerprint density at radius 2 is 1.52 bits per heavy atom. The summed E-state index contributed by atoms with van der Waals surface area (Å²) in [7, 11) is 0. The summed E-state index contributed by atoms with van der Waals surface area (Å²) in [4.78, 5) is 16.1. The maximum atomic E-state index is 11.9. The Hall–Kier alpha value is -0.890. The molecule has 0 aromatic carbocycles. The van der Waals surface area contributed by atoms with E-state index in [4.69, 9.17) is 11.6 Å². The summed E-state index contributed by atoms with van der Waals surface area (Å²) in [5.41, 5.74) is 0.710. The van der Waals surface area contributed by atoms with Gasteiger partial charge in [-0.05, 0) is 18.6 Å². The molecule has 0 aliphatic heterocycles. The molecule has 1 rings (SSSR count). The molecule has 130 valence electrons. The van der Waals surface area contributed by atoms with E-state index in [1.54, 1.807) is 18.3 Å². The van der Waals surface area contributed by atoms with Crippen LogP contribution < -0.4 is 0 Å². The Bertz CT molecular complexity index is 433. The van der Waals surface area contributed by atoms with Crippen molar-refractivity contribution in [2.75, 3.05) is 0 Å². The summed E-state index contributed by atoms with van der Waals surface area (Å²) in [6.07, 6.45) is 17.1. The van der Waals surface area contributed by atoms with Gasteiger partial charge in [0.25, 0.3) is 0 Å². The van der Waals surface area contributed by atoms with Gasteiger partial charge < -0.3 is 0 Å². The third-order valence-electron chi connectivity index (χ3n) is 4.26. The number of pyridine rings is 1. The van der Waals surface area contributed by atoms with Gasteiger partial charge in [-0.15, -0.1) is 0 Å². The molecule has 0 amide bonds. The number of hydrogen-bond acceptors (Lipinski definition) is 2. The number of Topliss-reactive ketones (excluding diaryl/α,β-unsaturated/α-hetero) is 1. The zero-order valence-electron chi connectivity index (χ0n) is 14.7. The highest BCUT2D eigenvalue weighted by molar-refractivity contribution is 6.31. The van der Waals surface area contributed by atoms with Crippen LogP contribution >= 0.6 is 11.6 Å². The average molecular weight is 338 g/mol. The summed E-state index contributed by atoms with van der Waals surface area (Å²) >= 11 is 6.03. The molecule has 1 heterocycles. The molecule has 0 N–H and O–H groups in total. The highest BCUT2D eigenvalue weighted by atomic mass is 35.5. The largest absolute Gasteiger partial charge is 0.299 e. The van der Waals surface area contributed by atoms with Gasteiger partial charge in [-0.25, -0.2) is 0 Å². The van der Waals surface area contributed by atoms with Gasteiger partial charge in [0.2, 0.25) is 0 Å². The molecule has 2 nitrogen and oxygen atoms in total. The molecule has 0 saturated heterocycles. The van der Waals surface area contributed by atoms with Crippen LogP contribution in [0.15, 0.2) is 18.3 Å². The minimum atomic E-state index is 0.251. The minimum Gasteiger partial charge on any atom is -0.299 e. The van der Waals surface area contributed by atoms with Gasteiger partial charge in [-0.3, -0.25) is 9.78 Å². The van der Waals surface area contributed by atoms with Gasteiger partial charge >= 0.3 is 0 Å². The second-order valence-electron chi connectivity index (χ2n) is 6.43. The molecule has 0 atom stereocenters. The number of hydrogen-bond donors (Lipinski definition) is 0. The van der Waals surface area contributed by atoms with Crippen LogP contribution in [0, 0.1) is 0 Å². The van der Waals surface area contributed by atoms with Crippen LogP contribution in [0.5, 0.6) is 0 Å². The number of ketones is 1. The van der Waals surface area contributed by atoms with Crippen LogP contribution in [0.1, 0.15) is 89.7 Å². The number of nitrogens with zero attached hydrogens (tertiary/aromatic N) is 1. The monoisotopic (exact) mass is 337 g/mol. The fraction of sp³-hybridized carbons (Fsp3) is 0.700. The normalized spacial score (nSPS) is 10.9. The number of halogens is 1. The van der Waals surface area contributed by atoms with E-state index in [0.29, 0.717) is 23.6 Å². The summed E-state index contributed by atoms with van der Waals surface area (Å²) in [6, 6.07) is 3.58. The molecule has 0 unspecified atom stereocenters. The van der Waals surface area contributed by atoms with Crippen molar-refractivity contribution in [2.24, 2.45) is 0 Å². The van der Waals surface area contributed by atoms with E-state index >= 15 is 0 Å². The molecule has 0 bridgehead atoms. The first-order chi connectivity index (χ1) is 11.2. The van der Waals surface area contributed by atoms with Crippen molar-refractivity contribution in [3.05, 3.63) is 29.0 Å². The van der Waals surface area contributed by atoms with Gasteiger partial charge in [0.05, 0.1) is 17.1 Å². The molecule has 1 aromatic rings. The first-order valence-corrected chi connectivity index (χ1v) is 9.73. The van der Waals surface area contributed by atoms with E-state index in [0.717, 1.165) is 12.8 Å². The third-order valence-corrected chi connectivity index (χ3v) is 4.60. The quantitative estimate of drug-likeness (QED) is 0.360. The number of unbranched alkanes of at least 4 members (excludes halogenated alkanes) is 10. The Labute approximate surface area is 147 Å². The van der Waals surface area contributed by atoms with Crippen molar-refractivity contribution >= 4 is 17.4 Å². The summed E-state index contributed by atoms with van der Waals surface area (Å²) in [5.74, 6) is 0.251. The predicted molar refractivity (Wildman–Crippen MR) is 99.0 cm³/mol. The van der Waals surface area contributed by atoms with Crippen molar-refractivity contribution in [1.82, 2.24) is 4.98 Å². The first kappa shape index (κ1) is 20.2. The smallest absolute Gasteiger partial charge is 0.138 e. The lowest BCUT2D eigenvalue weighted by molar-refractivity contribution is -0.118. The molecule has 0 spiro atoms. The maximum Gasteiger partial charge on any atom is 0.138 e. The fourth-order valence-electron chi connectivity index (χ4n) is 2.81. The topological polar surface area (TPSA) is 30.0 Å². The second-order valence-corrected chi connectivity index (χ2v) is 6.84. The van der Waals surface area contributed by atoms with Crippen LogP contribution in [0.3, 0.4) is 0 Å². The Kier molecular flexibility index (Phi) is 11.9. The van der Waals surface area contributed by atoms with E-state index in [1.807, 2.05) is 0 Å². The molecule has 23 heavy (non-hydrogen) atoms. The van der Waals surface area contributed by atoms with Crippen LogP contribution in [0.2, 0.25) is 5.02 Å². The van der Waals surface area contributed by atoms with Crippen molar-refractivity contribution in [1.29, 1.82) is 0 Å². The van der Waals surface area contributed by atoms with Crippen molar-refractivity contribution in [2.45, 2.75) is 90.4 Å².